The van der Waals surface area contributed by atoms with Crippen LogP contribution in [0.3, 0.4) is 0 Å². The molecule has 0 atom stereocenters. The lowest BCUT2D eigenvalue weighted by atomic mass is 10.0. The van der Waals surface area contributed by atoms with E-state index in [0.717, 1.165) is 39.0 Å². The van der Waals surface area contributed by atoms with Gasteiger partial charge in [0.25, 0.3) is 5.91 Å². The molecular formula is C15H24N2O3. The van der Waals surface area contributed by atoms with Gasteiger partial charge in [0.05, 0.1) is 0 Å². The number of carbonyl (C=O) groups is 1. The van der Waals surface area contributed by atoms with E-state index in [1.165, 1.54) is 6.26 Å². The monoisotopic (exact) mass is 280 g/mol. The second kappa shape index (κ2) is 6.88. The molecule has 5 nitrogen and oxygen atoms in total. The highest BCUT2D eigenvalue weighted by molar-refractivity contribution is 5.92. The quantitative estimate of drug-likeness (QED) is 0.832. The molecule has 1 aliphatic rings. The van der Waals surface area contributed by atoms with Gasteiger partial charge in [-0.15, -0.1) is 0 Å². The van der Waals surface area contributed by atoms with Gasteiger partial charge in [0.2, 0.25) is 0 Å². The Bertz CT molecular complexity index is 436. The molecule has 0 aromatic carbocycles. The van der Waals surface area contributed by atoms with Crippen LogP contribution in [0.4, 0.5) is 0 Å². The summed E-state index contributed by atoms with van der Waals surface area (Å²) >= 11 is 0. The summed E-state index contributed by atoms with van der Waals surface area (Å²) in [4.78, 5) is 18.7. The van der Waals surface area contributed by atoms with Gasteiger partial charge in [-0.1, -0.05) is 6.92 Å². The predicted octanol–water partition coefficient (Wildman–Crippen LogP) is 2.83. The Kier molecular flexibility index (Phi) is 5.17. The van der Waals surface area contributed by atoms with Crippen molar-refractivity contribution in [1.82, 2.24) is 9.88 Å². The van der Waals surface area contributed by atoms with Crippen LogP contribution in [0.2, 0.25) is 0 Å². The first-order valence-electron chi connectivity index (χ1n) is 7.47. The van der Waals surface area contributed by atoms with Gasteiger partial charge in [-0.2, -0.15) is 0 Å². The molecule has 1 saturated heterocycles. The number of hydrogen-bond donors (Lipinski definition) is 0. The van der Waals surface area contributed by atoms with Crippen molar-refractivity contribution in [2.24, 2.45) is 0 Å². The third-order valence-corrected chi connectivity index (χ3v) is 3.66. The lowest BCUT2D eigenvalue weighted by Gasteiger charge is -2.25. The zero-order valence-corrected chi connectivity index (χ0v) is 12.6. The topological polar surface area (TPSA) is 55.6 Å². The summed E-state index contributed by atoms with van der Waals surface area (Å²) in [6, 6.07) is 0.172. The normalized spacial score (nSPS) is 16.6. The molecule has 0 spiro atoms. The van der Waals surface area contributed by atoms with E-state index in [9.17, 15) is 4.79 Å². The molecule has 2 rings (SSSR count). The first-order valence-corrected chi connectivity index (χ1v) is 7.47. The summed E-state index contributed by atoms with van der Waals surface area (Å²) in [6.07, 6.45) is 4.26. The Morgan fingerprint density at radius 2 is 2.15 bits per heavy atom. The highest BCUT2D eigenvalue weighted by atomic mass is 16.5. The Balaban J connectivity index is 2.08. The predicted molar refractivity (Wildman–Crippen MR) is 75.8 cm³/mol. The number of hydrogen-bond acceptors (Lipinski definition) is 4. The Hall–Kier alpha value is -1.36. The van der Waals surface area contributed by atoms with Gasteiger partial charge in [0.1, 0.15) is 6.26 Å². The van der Waals surface area contributed by atoms with E-state index in [1.807, 2.05) is 18.7 Å². The maximum Gasteiger partial charge on any atom is 0.276 e. The van der Waals surface area contributed by atoms with Crippen molar-refractivity contribution in [1.29, 1.82) is 0 Å². The van der Waals surface area contributed by atoms with Crippen LogP contribution in [-0.2, 0) is 4.74 Å². The Morgan fingerprint density at radius 3 is 2.75 bits per heavy atom. The fourth-order valence-corrected chi connectivity index (χ4v) is 2.50. The number of rotatable bonds is 5. The van der Waals surface area contributed by atoms with Crippen molar-refractivity contribution in [2.75, 3.05) is 19.8 Å². The molecule has 0 bridgehead atoms. The van der Waals surface area contributed by atoms with Crippen LogP contribution in [0.15, 0.2) is 10.7 Å². The number of carbonyl (C=O) groups excluding carboxylic acids is 1. The highest BCUT2D eigenvalue weighted by Gasteiger charge is 2.25. The third kappa shape index (κ3) is 3.39. The van der Waals surface area contributed by atoms with Gasteiger partial charge in [0.15, 0.2) is 11.6 Å². The van der Waals surface area contributed by atoms with Crippen LogP contribution in [-0.4, -0.2) is 41.6 Å². The summed E-state index contributed by atoms with van der Waals surface area (Å²) in [5.74, 6) is 0.921. The molecule has 2 heterocycles. The fourth-order valence-electron chi connectivity index (χ4n) is 2.50. The minimum absolute atomic E-state index is 0.0380. The van der Waals surface area contributed by atoms with Crippen LogP contribution >= 0.6 is 0 Å². The number of nitrogens with zero attached hydrogens (tertiary/aromatic N) is 2. The average Bonchev–Trinajstić information content (AvgIpc) is 2.94. The maximum atomic E-state index is 12.5. The molecule has 0 saturated carbocycles. The third-order valence-electron chi connectivity index (χ3n) is 3.66. The fraction of sp³-hybridized carbons (Fsp3) is 0.733. The zero-order valence-electron chi connectivity index (χ0n) is 12.6. The first-order chi connectivity index (χ1) is 9.63. The minimum atomic E-state index is -0.0380. The second-order valence-corrected chi connectivity index (χ2v) is 5.55. The highest BCUT2D eigenvalue weighted by Crippen LogP contribution is 2.26. The summed E-state index contributed by atoms with van der Waals surface area (Å²) in [7, 11) is 0. The summed E-state index contributed by atoms with van der Waals surface area (Å²) in [6.45, 7) is 8.34. The Labute approximate surface area is 120 Å². The lowest BCUT2D eigenvalue weighted by molar-refractivity contribution is 0.0699. The molecule has 1 aliphatic heterocycles. The molecule has 1 aromatic rings. The van der Waals surface area contributed by atoms with Gasteiger partial charge in [-0.05, 0) is 33.1 Å². The van der Waals surface area contributed by atoms with E-state index in [1.54, 1.807) is 0 Å². The van der Waals surface area contributed by atoms with E-state index in [-0.39, 0.29) is 17.9 Å². The van der Waals surface area contributed by atoms with E-state index >= 15 is 0 Å². The van der Waals surface area contributed by atoms with Crippen molar-refractivity contribution in [3.63, 3.8) is 0 Å². The van der Waals surface area contributed by atoms with Crippen LogP contribution < -0.4 is 0 Å². The average molecular weight is 280 g/mol. The van der Waals surface area contributed by atoms with Crippen LogP contribution in [0.25, 0.3) is 0 Å². The molecule has 0 N–H and O–H groups in total. The molecule has 20 heavy (non-hydrogen) atoms. The number of oxazole rings is 1. The second-order valence-electron chi connectivity index (χ2n) is 5.55. The summed E-state index contributed by atoms with van der Waals surface area (Å²) < 4.78 is 10.9. The van der Waals surface area contributed by atoms with Gasteiger partial charge >= 0.3 is 0 Å². The van der Waals surface area contributed by atoms with Crippen molar-refractivity contribution >= 4 is 5.91 Å². The SMILES string of the molecule is CCCN(C(=O)c1coc(C2CCOCC2)n1)C(C)C. The zero-order chi connectivity index (χ0) is 14.5. The standard InChI is InChI=1S/C15H24N2O3/c1-4-7-17(11(2)3)15(18)13-10-20-14(16-13)12-5-8-19-9-6-12/h10-12H,4-9H2,1-3H3. The maximum absolute atomic E-state index is 12.5. The number of aromatic nitrogens is 1. The van der Waals surface area contributed by atoms with Crippen molar-refractivity contribution in [3.05, 3.63) is 17.8 Å². The molecule has 0 radical (unpaired) electrons. The molecule has 5 heteroatoms. The molecule has 1 aromatic heterocycles. The minimum Gasteiger partial charge on any atom is -0.448 e. The molecule has 1 fully saturated rings. The number of ether oxygens (including phenoxy) is 1. The van der Waals surface area contributed by atoms with Gasteiger partial charge in [0, 0.05) is 31.7 Å². The van der Waals surface area contributed by atoms with Gasteiger partial charge < -0.3 is 14.1 Å². The number of amides is 1. The molecular weight excluding hydrogens is 256 g/mol. The van der Waals surface area contributed by atoms with Crippen LogP contribution in [0.5, 0.6) is 0 Å². The molecule has 112 valence electrons. The van der Waals surface area contributed by atoms with Crippen molar-refractivity contribution < 1.29 is 13.9 Å². The summed E-state index contributed by atoms with van der Waals surface area (Å²) in [5, 5.41) is 0. The van der Waals surface area contributed by atoms with Gasteiger partial charge in [-0.3, -0.25) is 4.79 Å². The van der Waals surface area contributed by atoms with Gasteiger partial charge in [-0.25, -0.2) is 4.98 Å². The lowest BCUT2D eigenvalue weighted by Crippen LogP contribution is -2.37. The van der Waals surface area contributed by atoms with Crippen LogP contribution in [0, 0.1) is 0 Å². The molecule has 0 unspecified atom stereocenters. The first kappa shape index (κ1) is 15.0. The Morgan fingerprint density at radius 1 is 1.45 bits per heavy atom. The molecule has 0 aliphatic carbocycles. The van der Waals surface area contributed by atoms with E-state index < -0.39 is 0 Å². The largest absolute Gasteiger partial charge is 0.448 e. The van der Waals surface area contributed by atoms with E-state index in [0.29, 0.717) is 11.6 Å². The van der Waals surface area contributed by atoms with Crippen molar-refractivity contribution in [3.8, 4) is 0 Å². The van der Waals surface area contributed by atoms with Crippen LogP contribution in [0.1, 0.15) is 62.3 Å². The molecule has 1 amide bonds. The summed E-state index contributed by atoms with van der Waals surface area (Å²) in [5.41, 5.74) is 0.425. The smallest absolute Gasteiger partial charge is 0.276 e. The van der Waals surface area contributed by atoms with E-state index in [4.69, 9.17) is 9.15 Å². The van der Waals surface area contributed by atoms with Crippen molar-refractivity contribution in [2.45, 2.75) is 52.0 Å². The van der Waals surface area contributed by atoms with E-state index in [2.05, 4.69) is 11.9 Å².